The van der Waals surface area contributed by atoms with Crippen molar-refractivity contribution in [3.05, 3.63) is 59.9 Å². The summed E-state index contributed by atoms with van der Waals surface area (Å²) < 4.78 is 5.88. The number of nitrogens with one attached hydrogen (secondary N) is 1. The fourth-order valence-corrected chi connectivity index (χ4v) is 2.15. The predicted octanol–water partition coefficient (Wildman–Crippen LogP) is 4.01. The molecule has 0 amide bonds. The van der Waals surface area contributed by atoms with Crippen LogP contribution in [-0.4, -0.2) is 9.97 Å². The van der Waals surface area contributed by atoms with Crippen LogP contribution >= 0.6 is 0 Å². The van der Waals surface area contributed by atoms with Gasteiger partial charge >= 0.3 is 0 Å². The second-order valence-corrected chi connectivity index (χ2v) is 4.67. The van der Waals surface area contributed by atoms with Gasteiger partial charge in [0, 0.05) is 0 Å². The van der Waals surface area contributed by atoms with Gasteiger partial charge < -0.3 is 9.72 Å². The lowest BCUT2D eigenvalue weighted by atomic mass is 10.2. The van der Waals surface area contributed by atoms with Crippen molar-refractivity contribution in [2.45, 2.75) is 20.0 Å². The molecule has 0 bridgehead atoms. The number of ether oxygens (including phenoxy) is 1. The quantitative estimate of drug-likeness (QED) is 0.764. The fourth-order valence-electron chi connectivity index (χ4n) is 2.15. The van der Waals surface area contributed by atoms with Crippen LogP contribution in [0.5, 0.6) is 5.75 Å². The topological polar surface area (TPSA) is 37.9 Å². The molecule has 1 atom stereocenters. The number of rotatable bonds is 3. The number of benzene rings is 2. The lowest BCUT2D eigenvalue weighted by Crippen LogP contribution is -2.04. The number of hydrogen-bond acceptors (Lipinski definition) is 2. The molecule has 0 aliphatic rings. The van der Waals surface area contributed by atoms with E-state index in [-0.39, 0.29) is 6.10 Å². The van der Waals surface area contributed by atoms with Crippen molar-refractivity contribution in [1.29, 1.82) is 0 Å². The highest BCUT2D eigenvalue weighted by molar-refractivity contribution is 5.78. The van der Waals surface area contributed by atoms with Crippen LogP contribution in [0, 0.1) is 6.92 Å². The molecular weight excluding hydrogens is 236 g/mol. The van der Waals surface area contributed by atoms with E-state index in [4.69, 9.17) is 4.74 Å². The summed E-state index contributed by atoms with van der Waals surface area (Å²) in [5.41, 5.74) is 3.24. The zero-order valence-corrected chi connectivity index (χ0v) is 11.1. The van der Waals surface area contributed by atoms with Gasteiger partial charge in [0.25, 0.3) is 0 Å². The normalized spacial score (nSPS) is 12.5. The first kappa shape index (κ1) is 11.8. The summed E-state index contributed by atoms with van der Waals surface area (Å²) in [6.07, 6.45) is -0.103. The molecule has 0 aliphatic heterocycles. The van der Waals surface area contributed by atoms with Crippen molar-refractivity contribution in [2.24, 2.45) is 0 Å². The maximum Gasteiger partial charge on any atom is 0.153 e. The molecule has 0 saturated carbocycles. The number of hydrogen-bond donors (Lipinski definition) is 1. The summed E-state index contributed by atoms with van der Waals surface area (Å²) in [5, 5.41) is 0. The van der Waals surface area contributed by atoms with Crippen LogP contribution in [0.3, 0.4) is 0 Å². The highest BCUT2D eigenvalue weighted by Gasteiger charge is 2.13. The summed E-state index contributed by atoms with van der Waals surface area (Å²) in [6.45, 7) is 4.07. The van der Waals surface area contributed by atoms with Crippen LogP contribution in [0.25, 0.3) is 11.0 Å². The number of fused-ring (bicyclic) bond motifs is 1. The van der Waals surface area contributed by atoms with E-state index in [1.807, 2.05) is 49.4 Å². The number of imidazole rings is 1. The highest BCUT2D eigenvalue weighted by Crippen LogP contribution is 2.23. The van der Waals surface area contributed by atoms with E-state index in [0.717, 1.165) is 22.6 Å². The summed E-state index contributed by atoms with van der Waals surface area (Å²) in [7, 11) is 0. The molecule has 1 aromatic heterocycles. The summed E-state index contributed by atoms with van der Waals surface area (Å²) >= 11 is 0. The van der Waals surface area contributed by atoms with E-state index < -0.39 is 0 Å². The van der Waals surface area contributed by atoms with Gasteiger partial charge in [-0.2, -0.15) is 0 Å². The van der Waals surface area contributed by atoms with Crippen molar-refractivity contribution in [1.82, 2.24) is 9.97 Å². The molecule has 0 spiro atoms. The number of aryl methyl sites for hydroxylation is 1. The third-order valence-corrected chi connectivity index (χ3v) is 3.17. The molecule has 0 saturated heterocycles. The van der Waals surface area contributed by atoms with Crippen LogP contribution in [0.15, 0.2) is 48.5 Å². The Balaban J connectivity index is 1.89. The number of H-pyrrole nitrogens is 1. The van der Waals surface area contributed by atoms with Crippen molar-refractivity contribution < 1.29 is 4.74 Å². The van der Waals surface area contributed by atoms with E-state index in [1.54, 1.807) is 0 Å². The Bertz CT molecular complexity index is 688. The van der Waals surface area contributed by atoms with Gasteiger partial charge in [0.15, 0.2) is 6.10 Å². The molecule has 3 rings (SSSR count). The summed E-state index contributed by atoms with van der Waals surface area (Å²) in [4.78, 5) is 7.95. The molecule has 2 aromatic carbocycles. The molecule has 0 aliphatic carbocycles. The Hall–Kier alpha value is -2.29. The lowest BCUT2D eigenvalue weighted by Gasteiger charge is -2.11. The van der Waals surface area contributed by atoms with Gasteiger partial charge in [-0.15, -0.1) is 0 Å². The Morgan fingerprint density at radius 2 is 1.84 bits per heavy atom. The Morgan fingerprint density at radius 1 is 1.05 bits per heavy atom. The molecule has 3 aromatic rings. The van der Waals surface area contributed by atoms with Gasteiger partial charge in [0.2, 0.25) is 0 Å². The van der Waals surface area contributed by atoms with E-state index in [0.29, 0.717) is 0 Å². The molecule has 96 valence electrons. The minimum absolute atomic E-state index is 0.103. The fraction of sp³-hybridized carbons (Fsp3) is 0.188. The average Bonchev–Trinajstić information content (AvgIpc) is 2.85. The van der Waals surface area contributed by atoms with Gasteiger partial charge in [-0.3, -0.25) is 0 Å². The zero-order valence-electron chi connectivity index (χ0n) is 11.1. The van der Waals surface area contributed by atoms with Crippen LogP contribution < -0.4 is 4.74 Å². The first-order valence-electron chi connectivity index (χ1n) is 6.41. The second-order valence-electron chi connectivity index (χ2n) is 4.67. The number of para-hydroxylation sites is 2. The molecule has 0 unspecified atom stereocenters. The first-order chi connectivity index (χ1) is 9.24. The van der Waals surface area contributed by atoms with Crippen molar-refractivity contribution >= 4 is 11.0 Å². The molecule has 3 heteroatoms. The van der Waals surface area contributed by atoms with Crippen LogP contribution in [-0.2, 0) is 0 Å². The van der Waals surface area contributed by atoms with Gasteiger partial charge in [-0.1, -0.05) is 30.3 Å². The monoisotopic (exact) mass is 252 g/mol. The van der Waals surface area contributed by atoms with E-state index >= 15 is 0 Å². The number of nitrogens with zero attached hydrogens (tertiary/aromatic N) is 1. The maximum atomic E-state index is 5.88. The molecule has 3 nitrogen and oxygen atoms in total. The standard InChI is InChI=1S/C16H16N2O/c1-11-7-6-10-14-15(11)18-16(17-14)12(2)19-13-8-4-3-5-9-13/h3-10,12H,1-2H3,(H,17,18)/t12-/m0/s1. The predicted molar refractivity (Wildman–Crippen MR) is 76.3 cm³/mol. The Kier molecular flexibility index (Phi) is 2.95. The van der Waals surface area contributed by atoms with Crippen molar-refractivity contribution in [3.8, 4) is 5.75 Å². The smallest absolute Gasteiger partial charge is 0.153 e. The third kappa shape index (κ3) is 2.32. The molecule has 19 heavy (non-hydrogen) atoms. The molecule has 1 heterocycles. The summed E-state index contributed by atoms with van der Waals surface area (Å²) in [6, 6.07) is 15.9. The Morgan fingerprint density at radius 3 is 2.58 bits per heavy atom. The average molecular weight is 252 g/mol. The molecule has 1 N–H and O–H groups in total. The maximum absolute atomic E-state index is 5.88. The van der Waals surface area contributed by atoms with Gasteiger partial charge in [-0.25, -0.2) is 4.98 Å². The van der Waals surface area contributed by atoms with Gasteiger partial charge in [-0.05, 0) is 37.6 Å². The zero-order chi connectivity index (χ0) is 13.2. The minimum Gasteiger partial charge on any atom is -0.483 e. The van der Waals surface area contributed by atoms with Gasteiger partial charge in [0.05, 0.1) is 11.0 Å². The van der Waals surface area contributed by atoms with E-state index in [2.05, 4.69) is 23.0 Å². The van der Waals surface area contributed by atoms with Crippen LogP contribution in [0.2, 0.25) is 0 Å². The van der Waals surface area contributed by atoms with E-state index in [9.17, 15) is 0 Å². The summed E-state index contributed by atoms with van der Waals surface area (Å²) in [5.74, 6) is 1.71. The van der Waals surface area contributed by atoms with E-state index in [1.165, 1.54) is 5.56 Å². The minimum atomic E-state index is -0.103. The number of aromatic nitrogens is 2. The second kappa shape index (κ2) is 4.76. The first-order valence-corrected chi connectivity index (χ1v) is 6.41. The SMILES string of the molecule is Cc1cccc2[nH]c([C@H](C)Oc3ccccc3)nc12. The van der Waals surface area contributed by atoms with Crippen LogP contribution in [0.1, 0.15) is 24.4 Å². The molecular formula is C16H16N2O. The largest absolute Gasteiger partial charge is 0.483 e. The number of aromatic amines is 1. The van der Waals surface area contributed by atoms with Gasteiger partial charge in [0.1, 0.15) is 11.6 Å². The molecule has 0 fully saturated rings. The Labute approximate surface area is 112 Å². The lowest BCUT2D eigenvalue weighted by molar-refractivity contribution is 0.218. The van der Waals surface area contributed by atoms with Crippen molar-refractivity contribution in [2.75, 3.05) is 0 Å². The van der Waals surface area contributed by atoms with Crippen molar-refractivity contribution in [3.63, 3.8) is 0 Å². The third-order valence-electron chi connectivity index (χ3n) is 3.17. The van der Waals surface area contributed by atoms with Crippen LogP contribution in [0.4, 0.5) is 0 Å². The highest BCUT2D eigenvalue weighted by atomic mass is 16.5. The molecule has 0 radical (unpaired) electrons.